The maximum Gasteiger partial charge on any atom is 0.252 e. The second-order valence-electron chi connectivity index (χ2n) is 4.26. The molecule has 0 radical (unpaired) electrons. The molecule has 1 aromatic carbocycles. The number of carbonyl (C=O) groups is 1. The van der Waals surface area contributed by atoms with E-state index in [1.165, 1.54) is 0 Å². The summed E-state index contributed by atoms with van der Waals surface area (Å²) in [6.45, 7) is 2.61. The van der Waals surface area contributed by atoms with Crippen LogP contribution in [0.3, 0.4) is 0 Å². The van der Waals surface area contributed by atoms with E-state index in [9.17, 15) is 4.79 Å². The third-order valence-electron chi connectivity index (χ3n) is 2.68. The maximum atomic E-state index is 11.8. The number of nitrogens with zero attached hydrogens (tertiary/aromatic N) is 1. The van der Waals surface area contributed by atoms with Crippen molar-refractivity contribution in [1.82, 2.24) is 10.2 Å². The molecule has 0 aromatic heterocycles. The Balaban J connectivity index is 0. The zero-order chi connectivity index (χ0) is 13.0. The van der Waals surface area contributed by atoms with E-state index >= 15 is 0 Å². The number of hydrogen-bond acceptors (Lipinski definition) is 3. The van der Waals surface area contributed by atoms with Gasteiger partial charge in [-0.25, -0.2) is 0 Å². The van der Waals surface area contributed by atoms with Crippen molar-refractivity contribution in [3.8, 4) is 0 Å². The molecule has 19 heavy (non-hydrogen) atoms. The van der Waals surface area contributed by atoms with E-state index in [0.717, 1.165) is 0 Å². The summed E-state index contributed by atoms with van der Waals surface area (Å²) >= 11 is 5.95. The molecule has 7 heteroatoms. The fourth-order valence-electron chi connectivity index (χ4n) is 1.23. The van der Waals surface area contributed by atoms with Crippen LogP contribution in [-0.4, -0.2) is 37.5 Å². The number of amides is 1. The number of nitrogen functional groups attached to an aromatic ring is 1. The maximum absolute atomic E-state index is 11.8. The number of hydrogen-bond donors (Lipinski definition) is 2. The average Bonchev–Trinajstić information content (AvgIpc) is 2.25. The minimum Gasteiger partial charge on any atom is -0.399 e. The van der Waals surface area contributed by atoms with Gasteiger partial charge in [-0.05, 0) is 39.2 Å². The van der Waals surface area contributed by atoms with Gasteiger partial charge in [-0.1, -0.05) is 11.6 Å². The lowest BCUT2D eigenvalue weighted by Crippen LogP contribution is -2.38. The molecule has 0 bridgehead atoms. The Bertz CT molecular complexity index is 413. The summed E-state index contributed by atoms with van der Waals surface area (Å²) in [5, 5.41) is 3.21. The minimum atomic E-state index is -0.177. The average molecular weight is 329 g/mol. The molecule has 1 atom stereocenters. The van der Waals surface area contributed by atoms with Gasteiger partial charge in [0.1, 0.15) is 0 Å². The van der Waals surface area contributed by atoms with Gasteiger partial charge in [0.25, 0.3) is 5.91 Å². The number of carbonyl (C=O) groups excluding carboxylic acids is 1. The summed E-state index contributed by atoms with van der Waals surface area (Å²) in [7, 11) is 3.93. The summed E-state index contributed by atoms with van der Waals surface area (Å²) < 4.78 is 0. The molecular weight excluding hydrogens is 309 g/mol. The predicted molar refractivity (Wildman–Crippen MR) is 85.8 cm³/mol. The van der Waals surface area contributed by atoms with Crippen molar-refractivity contribution in [2.75, 3.05) is 26.4 Å². The van der Waals surface area contributed by atoms with Gasteiger partial charge in [0.2, 0.25) is 0 Å². The van der Waals surface area contributed by atoms with E-state index < -0.39 is 0 Å². The van der Waals surface area contributed by atoms with Crippen molar-refractivity contribution in [3.05, 3.63) is 28.8 Å². The Labute approximate surface area is 131 Å². The highest BCUT2D eigenvalue weighted by Gasteiger charge is 2.12. The quantitative estimate of drug-likeness (QED) is 0.835. The smallest absolute Gasteiger partial charge is 0.252 e. The van der Waals surface area contributed by atoms with E-state index in [1.807, 2.05) is 25.9 Å². The molecule has 0 aliphatic rings. The van der Waals surface area contributed by atoms with Crippen molar-refractivity contribution >= 4 is 48.0 Å². The first kappa shape index (κ1) is 20.6. The van der Waals surface area contributed by atoms with Gasteiger partial charge >= 0.3 is 0 Å². The summed E-state index contributed by atoms with van der Waals surface area (Å²) in [4.78, 5) is 13.9. The second-order valence-corrected chi connectivity index (χ2v) is 4.67. The molecule has 3 N–H and O–H groups in total. The fraction of sp³-hybridized carbons (Fsp3) is 0.417. The van der Waals surface area contributed by atoms with Crippen LogP contribution in [0.5, 0.6) is 0 Å². The molecule has 1 aromatic rings. The number of anilines is 1. The second kappa shape index (κ2) is 9.26. The van der Waals surface area contributed by atoms with Crippen LogP contribution >= 0.6 is 36.4 Å². The van der Waals surface area contributed by atoms with Gasteiger partial charge in [0, 0.05) is 18.3 Å². The van der Waals surface area contributed by atoms with Crippen LogP contribution < -0.4 is 11.1 Å². The molecule has 110 valence electrons. The number of halogens is 3. The zero-order valence-corrected chi connectivity index (χ0v) is 13.5. The Morgan fingerprint density at radius 3 is 2.47 bits per heavy atom. The molecule has 0 aliphatic carbocycles. The molecule has 1 rings (SSSR count). The van der Waals surface area contributed by atoms with E-state index in [0.29, 0.717) is 22.8 Å². The molecule has 0 heterocycles. The lowest BCUT2D eigenvalue weighted by molar-refractivity contribution is 0.0944. The van der Waals surface area contributed by atoms with E-state index in [4.69, 9.17) is 17.3 Å². The number of likely N-dealkylation sites (N-methyl/N-ethyl adjacent to an activating group) is 1. The van der Waals surface area contributed by atoms with Gasteiger partial charge < -0.3 is 16.0 Å². The topological polar surface area (TPSA) is 58.4 Å². The van der Waals surface area contributed by atoms with Crippen molar-refractivity contribution < 1.29 is 4.79 Å². The van der Waals surface area contributed by atoms with Crippen LogP contribution in [-0.2, 0) is 0 Å². The van der Waals surface area contributed by atoms with E-state index in [1.54, 1.807) is 18.2 Å². The molecule has 0 spiro atoms. The minimum absolute atomic E-state index is 0. The molecule has 0 fully saturated rings. The van der Waals surface area contributed by atoms with Crippen molar-refractivity contribution in [3.63, 3.8) is 0 Å². The highest BCUT2D eigenvalue weighted by molar-refractivity contribution is 6.34. The van der Waals surface area contributed by atoms with Gasteiger partial charge in [-0.2, -0.15) is 0 Å². The number of nitrogens with one attached hydrogen (secondary N) is 1. The van der Waals surface area contributed by atoms with Gasteiger partial charge in [0.05, 0.1) is 10.6 Å². The number of benzene rings is 1. The van der Waals surface area contributed by atoms with Gasteiger partial charge in [-0.3, -0.25) is 4.79 Å². The number of rotatable bonds is 4. The molecule has 1 amide bonds. The van der Waals surface area contributed by atoms with Crippen molar-refractivity contribution in [1.29, 1.82) is 0 Å². The summed E-state index contributed by atoms with van der Waals surface area (Å²) in [5.41, 5.74) is 6.57. The Morgan fingerprint density at radius 2 is 2.00 bits per heavy atom. The lowest BCUT2D eigenvalue weighted by atomic mass is 10.2. The SMILES string of the molecule is CC(CNC(=O)c1ccc(N)cc1Cl)N(C)C.Cl.Cl. The van der Waals surface area contributed by atoms with Crippen LogP contribution in [0.25, 0.3) is 0 Å². The summed E-state index contributed by atoms with van der Waals surface area (Å²) in [6.07, 6.45) is 0. The Kier molecular flexibility index (Phi) is 10.1. The first-order chi connectivity index (χ1) is 7.91. The summed E-state index contributed by atoms with van der Waals surface area (Å²) in [6, 6.07) is 5.14. The molecule has 4 nitrogen and oxygen atoms in total. The monoisotopic (exact) mass is 327 g/mol. The Hall–Kier alpha value is -0.680. The standard InChI is InChI=1S/C12H18ClN3O.2ClH/c1-8(16(2)3)7-15-12(17)10-5-4-9(14)6-11(10)13;;/h4-6,8H,7,14H2,1-3H3,(H,15,17);2*1H. The fourth-order valence-corrected chi connectivity index (χ4v) is 1.51. The van der Waals surface area contributed by atoms with Crippen LogP contribution in [0, 0.1) is 0 Å². The summed E-state index contributed by atoms with van der Waals surface area (Å²) in [5.74, 6) is -0.177. The molecule has 0 saturated carbocycles. The largest absolute Gasteiger partial charge is 0.399 e. The third kappa shape index (κ3) is 6.34. The van der Waals surface area contributed by atoms with Crippen molar-refractivity contribution in [2.24, 2.45) is 0 Å². The highest BCUT2D eigenvalue weighted by atomic mass is 35.5. The van der Waals surface area contributed by atoms with Crippen molar-refractivity contribution in [2.45, 2.75) is 13.0 Å². The Morgan fingerprint density at radius 1 is 1.42 bits per heavy atom. The highest BCUT2D eigenvalue weighted by Crippen LogP contribution is 2.18. The molecule has 1 unspecified atom stereocenters. The molecule has 0 saturated heterocycles. The normalized spacial score (nSPS) is 11.2. The third-order valence-corrected chi connectivity index (χ3v) is 2.99. The van der Waals surface area contributed by atoms with E-state index in [-0.39, 0.29) is 36.8 Å². The first-order valence-electron chi connectivity index (χ1n) is 5.41. The van der Waals surface area contributed by atoms with Crippen LogP contribution in [0.15, 0.2) is 18.2 Å². The van der Waals surface area contributed by atoms with Crippen LogP contribution in [0.1, 0.15) is 17.3 Å². The van der Waals surface area contributed by atoms with E-state index in [2.05, 4.69) is 5.32 Å². The van der Waals surface area contributed by atoms with Gasteiger partial charge in [0.15, 0.2) is 0 Å². The van der Waals surface area contributed by atoms with Gasteiger partial charge in [-0.15, -0.1) is 24.8 Å². The molecule has 0 aliphatic heterocycles. The van der Waals surface area contributed by atoms with Crippen LogP contribution in [0.4, 0.5) is 5.69 Å². The zero-order valence-electron chi connectivity index (χ0n) is 11.1. The lowest BCUT2D eigenvalue weighted by Gasteiger charge is -2.20. The number of nitrogens with two attached hydrogens (primary N) is 1. The first-order valence-corrected chi connectivity index (χ1v) is 5.79. The van der Waals surface area contributed by atoms with Crippen LogP contribution in [0.2, 0.25) is 5.02 Å². The molecular formula is C12H20Cl3N3O. The predicted octanol–water partition coefficient (Wildman–Crippen LogP) is 2.45.